The van der Waals surface area contributed by atoms with E-state index in [1.54, 1.807) is 0 Å². The number of rotatable bonds is 2. The van der Waals surface area contributed by atoms with Crippen molar-refractivity contribution < 1.29 is 8.42 Å². The van der Waals surface area contributed by atoms with Crippen LogP contribution in [0.15, 0.2) is 11.6 Å². The predicted octanol–water partition coefficient (Wildman–Crippen LogP) is 2.66. The third-order valence-electron chi connectivity index (χ3n) is 4.66. The molecule has 2 aliphatic rings. The van der Waals surface area contributed by atoms with E-state index in [1.165, 1.54) is 11.8 Å². The summed E-state index contributed by atoms with van der Waals surface area (Å²) in [5.74, 6) is 0.430. The molecule has 0 heterocycles. The topological polar surface area (TPSA) is 60.2 Å². The lowest BCUT2D eigenvalue weighted by Crippen LogP contribution is -2.35. The summed E-state index contributed by atoms with van der Waals surface area (Å²) in [5.41, 5.74) is 7.80. The second-order valence-corrected chi connectivity index (χ2v) is 9.59. The molecule has 3 nitrogen and oxygen atoms in total. The Bertz CT molecular complexity index is 465. The fourth-order valence-electron chi connectivity index (χ4n) is 3.81. The highest BCUT2D eigenvalue weighted by Crippen LogP contribution is 2.42. The first-order valence-corrected chi connectivity index (χ1v) is 9.28. The van der Waals surface area contributed by atoms with Gasteiger partial charge in [0.15, 0.2) is 0 Å². The minimum atomic E-state index is -2.90. The average Bonchev–Trinajstić information content (AvgIpc) is 2.25. The molecular weight excluding hydrogens is 258 g/mol. The number of nitrogens with two attached hydrogens (primary N) is 1. The van der Waals surface area contributed by atoms with Crippen molar-refractivity contribution in [3.8, 4) is 0 Å². The zero-order chi connectivity index (χ0) is 14.3. The van der Waals surface area contributed by atoms with Crippen LogP contribution in [0, 0.1) is 11.3 Å². The maximum Gasteiger partial charge on any atom is 0.150 e. The molecule has 0 saturated heterocycles. The largest absolute Gasteiger partial charge is 0.324 e. The van der Waals surface area contributed by atoms with E-state index in [2.05, 4.69) is 19.9 Å². The van der Waals surface area contributed by atoms with E-state index in [9.17, 15) is 8.42 Å². The highest BCUT2D eigenvalue weighted by Gasteiger charge is 2.35. The molecule has 1 fully saturated rings. The van der Waals surface area contributed by atoms with Crippen LogP contribution in [0.1, 0.15) is 52.4 Å². The summed E-state index contributed by atoms with van der Waals surface area (Å²) < 4.78 is 23.5. The van der Waals surface area contributed by atoms with Gasteiger partial charge in [0, 0.05) is 12.3 Å². The maximum absolute atomic E-state index is 11.8. The Hall–Kier alpha value is -0.350. The molecule has 0 bridgehead atoms. The Morgan fingerprint density at radius 1 is 1.32 bits per heavy atom. The minimum absolute atomic E-state index is 0.136. The summed E-state index contributed by atoms with van der Waals surface area (Å²) in [7, 11) is -2.90. The summed E-state index contributed by atoms with van der Waals surface area (Å²) >= 11 is 0. The zero-order valence-electron chi connectivity index (χ0n) is 12.4. The summed E-state index contributed by atoms with van der Waals surface area (Å²) in [6.07, 6.45) is 9.47. The SMILES string of the molecule is CC1(C)CC(C2CCCC(S(C)(=O)=O)C2)=CC(N)C1. The van der Waals surface area contributed by atoms with E-state index in [1.807, 2.05) is 0 Å². The zero-order valence-corrected chi connectivity index (χ0v) is 13.2. The molecule has 4 heteroatoms. The van der Waals surface area contributed by atoms with Gasteiger partial charge >= 0.3 is 0 Å². The van der Waals surface area contributed by atoms with E-state index in [0.717, 1.165) is 38.5 Å². The third kappa shape index (κ3) is 3.82. The fraction of sp³-hybridized carbons (Fsp3) is 0.867. The van der Waals surface area contributed by atoms with Gasteiger partial charge in [0.1, 0.15) is 9.84 Å². The van der Waals surface area contributed by atoms with Gasteiger partial charge in [-0.1, -0.05) is 31.9 Å². The van der Waals surface area contributed by atoms with Crippen molar-refractivity contribution in [2.75, 3.05) is 6.26 Å². The van der Waals surface area contributed by atoms with Gasteiger partial charge in [0.2, 0.25) is 0 Å². The Kier molecular flexibility index (Phi) is 4.12. The summed E-state index contributed by atoms with van der Waals surface area (Å²) in [6.45, 7) is 4.52. The first-order chi connectivity index (χ1) is 8.67. The molecule has 19 heavy (non-hydrogen) atoms. The number of allylic oxidation sites excluding steroid dienone is 1. The van der Waals surface area contributed by atoms with Crippen molar-refractivity contribution in [2.45, 2.75) is 63.7 Å². The monoisotopic (exact) mass is 285 g/mol. The molecule has 2 N–H and O–H groups in total. The van der Waals surface area contributed by atoms with Crippen molar-refractivity contribution in [3.63, 3.8) is 0 Å². The van der Waals surface area contributed by atoms with Crippen molar-refractivity contribution >= 4 is 9.84 Å². The first-order valence-electron chi connectivity index (χ1n) is 7.32. The van der Waals surface area contributed by atoms with Gasteiger partial charge in [-0.2, -0.15) is 0 Å². The maximum atomic E-state index is 11.8. The quantitative estimate of drug-likeness (QED) is 0.793. The number of sulfone groups is 1. The Morgan fingerprint density at radius 2 is 2.00 bits per heavy atom. The summed E-state index contributed by atoms with van der Waals surface area (Å²) in [4.78, 5) is 0. The highest BCUT2D eigenvalue weighted by molar-refractivity contribution is 7.91. The molecule has 1 saturated carbocycles. The van der Waals surface area contributed by atoms with Crippen molar-refractivity contribution in [1.82, 2.24) is 0 Å². The molecule has 0 amide bonds. The molecule has 3 atom stereocenters. The van der Waals surface area contributed by atoms with E-state index < -0.39 is 9.84 Å². The lowest BCUT2D eigenvalue weighted by atomic mass is 9.70. The van der Waals surface area contributed by atoms with Gasteiger partial charge in [-0.3, -0.25) is 0 Å². The molecule has 0 aliphatic heterocycles. The highest BCUT2D eigenvalue weighted by atomic mass is 32.2. The van der Waals surface area contributed by atoms with Gasteiger partial charge in [-0.15, -0.1) is 0 Å². The van der Waals surface area contributed by atoms with Crippen LogP contribution in [0.3, 0.4) is 0 Å². The van der Waals surface area contributed by atoms with Crippen LogP contribution >= 0.6 is 0 Å². The molecule has 0 aromatic carbocycles. The number of hydrogen-bond acceptors (Lipinski definition) is 3. The van der Waals surface area contributed by atoms with Crippen LogP contribution in [0.4, 0.5) is 0 Å². The van der Waals surface area contributed by atoms with Gasteiger partial charge in [-0.05, 0) is 43.4 Å². The summed E-state index contributed by atoms with van der Waals surface area (Å²) in [5, 5.41) is -0.145. The standard InChI is InChI=1S/C15H27NO2S/c1-15(2)9-12(7-13(16)10-15)11-5-4-6-14(8-11)19(3,17)18/h7,11,13-14H,4-6,8-10,16H2,1-3H3. The Balaban J connectivity index is 2.14. The van der Waals surface area contributed by atoms with E-state index in [0.29, 0.717) is 5.92 Å². The van der Waals surface area contributed by atoms with Crippen molar-refractivity contribution in [1.29, 1.82) is 0 Å². The van der Waals surface area contributed by atoms with Gasteiger partial charge in [0.25, 0.3) is 0 Å². The first kappa shape index (κ1) is 15.0. The third-order valence-corrected chi connectivity index (χ3v) is 6.29. The normalized spacial score (nSPS) is 35.8. The van der Waals surface area contributed by atoms with Crippen LogP contribution in [-0.2, 0) is 9.84 Å². The van der Waals surface area contributed by atoms with Gasteiger partial charge < -0.3 is 5.73 Å². The lowest BCUT2D eigenvalue weighted by molar-refractivity contribution is 0.272. The van der Waals surface area contributed by atoms with Crippen LogP contribution in [-0.4, -0.2) is 26.0 Å². The second-order valence-electron chi connectivity index (χ2n) is 7.27. The molecule has 3 unspecified atom stereocenters. The molecule has 2 rings (SSSR count). The van der Waals surface area contributed by atoms with Crippen LogP contribution in [0.5, 0.6) is 0 Å². The lowest BCUT2D eigenvalue weighted by Gasteiger charge is -2.38. The fourth-order valence-corrected chi connectivity index (χ4v) is 4.98. The molecule has 0 aromatic rings. The molecular formula is C15H27NO2S. The average molecular weight is 285 g/mol. The Morgan fingerprint density at radius 3 is 2.58 bits per heavy atom. The van der Waals surface area contributed by atoms with E-state index in [-0.39, 0.29) is 16.7 Å². The second kappa shape index (κ2) is 5.21. The molecule has 2 aliphatic carbocycles. The molecule has 0 radical (unpaired) electrons. The van der Waals surface area contributed by atoms with Crippen LogP contribution in [0.2, 0.25) is 0 Å². The van der Waals surface area contributed by atoms with Gasteiger partial charge in [0.05, 0.1) is 5.25 Å². The molecule has 0 aromatic heterocycles. The molecule has 110 valence electrons. The minimum Gasteiger partial charge on any atom is -0.324 e. The van der Waals surface area contributed by atoms with E-state index >= 15 is 0 Å². The Labute approximate surface area is 117 Å². The smallest absolute Gasteiger partial charge is 0.150 e. The van der Waals surface area contributed by atoms with Crippen molar-refractivity contribution in [3.05, 3.63) is 11.6 Å². The van der Waals surface area contributed by atoms with Crippen LogP contribution < -0.4 is 5.73 Å². The molecule has 0 spiro atoms. The predicted molar refractivity (Wildman–Crippen MR) is 79.7 cm³/mol. The summed E-state index contributed by atoms with van der Waals surface area (Å²) in [6, 6.07) is 0.136. The van der Waals surface area contributed by atoms with Gasteiger partial charge in [-0.25, -0.2) is 8.42 Å². The van der Waals surface area contributed by atoms with Crippen LogP contribution in [0.25, 0.3) is 0 Å². The number of hydrogen-bond donors (Lipinski definition) is 1. The van der Waals surface area contributed by atoms with E-state index in [4.69, 9.17) is 5.73 Å². The van der Waals surface area contributed by atoms with Crippen molar-refractivity contribution in [2.24, 2.45) is 17.1 Å².